The average Bonchev–Trinajstić information content (AvgIpc) is 2.03. The Hall–Kier alpha value is -0.340. The quantitative estimate of drug-likeness (QED) is 0.642. The molecule has 0 rings (SSSR count). The predicted molar refractivity (Wildman–Crippen MR) is 53.0 cm³/mol. The summed E-state index contributed by atoms with van der Waals surface area (Å²) in [7, 11) is 0. The van der Waals surface area contributed by atoms with Crippen molar-refractivity contribution in [3.63, 3.8) is 0 Å². The molecule has 0 bridgehead atoms. The molecular weight excluding hydrogens is 180 g/mol. The molecule has 0 unspecified atom stereocenters. The highest BCUT2D eigenvalue weighted by Crippen LogP contribution is 1.94. The van der Waals surface area contributed by atoms with Crippen LogP contribution in [-0.4, -0.2) is 35.5 Å². The lowest BCUT2D eigenvalue weighted by Gasteiger charge is -2.06. The molecule has 2 amide bonds. The summed E-state index contributed by atoms with van der Waals surface area (Å²) in [5.74, 6) is 1.21. The van der Waals surface area contributed by atoms with Gasteiger partial charge in [0, 0.05) is 11.5 Å². The molecule has 11 heavy (non-hydrogen) atoms. The minimum Gasteiger partial charge on any atom is -0.208 e. The van der Waals surface area contributed by atoms with Gasteiger partial charge in [-0.3, -0.25) is 0 Å². The molecule has 0 saturated carbocycles. The molecule has 0 radical (unpaired) electrons. The van der Waals surface area contributed by atoms with Gasteiger partial charge < -0.3 is 0 Å². The minimum absolute atomic E-state index is 0.409. The summed E-state index contributed by atoms with van der Waals surface area (Å²) in [5.41, 5.74) is 0. The van der Waals surface area contributed by atoms with Gasteiger partial charge in [-0.2, -0.15) is 30.1 Å². The van der Waals surface area contributed by atoms with Crippen molar-refractivity contribution in [1.82, 2.24) is 4.90 Å². The largest absolute Gasteiger partial charge is 0.599 e. The highest BCUT2D eigenvalue weighted by atomic mass is 32.1. The van der Waals surface area contributed by atoms with E-state index >= 15 is 0 Å². The summed E-state index contributed by atoms with van der Waals surface area (Å²) in [6.45, 7) is 5.93. The molecular formula is C6H11N2OS2+. The molecule has 0 aromatic rings. The number of carbonyl (C=O) groups excluding carboxylic acids is 1. The molecule has 0 aliphatic carbocycles. The molecule has 0 fully saturated rings. The van der Waals surface area contributed by atoms with Gasteiger partial charge in [0.2, 0.25) is 0 Å². The molecule has 0 N–H and O–H groups in total. The Morgan fingerprint density at radius 1 is 1.36 bits per heavy atom. The molecule has 0 aromatic heterocycles. The SMILES string of the molecule is C#[N+]C(=O)N(CCS)CCS. The van der Waals surface area contributed by atoms with Crippen LogP contribution in [0.5, 0.6) is 0 Å². The first-order valence-electron chi connectivity index (χ1n) is 3.17. The van der Waals surface area contributed by atoms with Crippen LogP contribution in [0.3, 0.4) is 0 Å². The van der Waals surface area contributed by atoms with Crippen LogP contribution in [0.1, 0.15) is 0 Å². The Morgan fingerprint density at radius 3 is 2.09 bits per heavy atom. The lowest BCUT2D eigenvalue weighted by molar-refractivity contribution is 0.221. The molecule has 0 atom stereocenters. The van der Waals surface area contributed by atoms with Gasteiger partial charge >= 0.3 is 6.03 Å². The van der Waals surface area contributed by atoms with E-state index in [1.807, 2.05) is 0 Å². The normalized spacial score (nSPS) is 8.82. The van der Waals surface area contributed by atoms with E-state index < -0.39 is 6.03 Å². The van der Waals surface area contributed by atoms with Crippen molar-refractivity contribution in [3.05, 3.63) is 4.85 Å². The standard InChI is InChI=1S/C6H10N2OS2/c1-7-6(9)8(2-4-10)3-5-11/h1H,2-5H2,(H-,10,11)/p+1. The van der Waals surface area contributed by atoms with E-state index in [1.165, 1.54) is 4.90 Å². The van der Waals surface area contributed by atoms with Gasteiger partial charge in [0.25, 0.3) is 0 Å². The zero-order chi connectivity index (χ0) is 8.69. The molecule has 3 nitrogen and oxygen atoms in total. The smallest absolute Gasteiger partial charge is 0.208 e. The second kappa shape index (κ2) is 6.38. The summed E-state index contributed by atoms with van der Waals surface area (Å²) >= 11 is 7.97. The fraction of sp³-hybridized carbons (Fsp3) is 0.667. The van der Waals surface area contributed by atoms with Crippen molar-refractivity contribution in [2.24, 2.45) is 0 Å². The van der Waals surface area contributed by atoms with Crippen LogP contribution in [0.15, 0.2) is 0 Å². The van der Waals surface area contributed by atoms with Crippen molar-refractivity contribution < 1.29 is 4.79 Å². The second-order valence-electron chi connectivity index (χ2n) is 1.85. The fourth-order valence-corrected chi connectivity index (χ4v) is 1.11. The van der Waals surface area contributed by atoms with Crippen LogP contribution in [0, 0.1) is 6.57 Å². The van der Waals surface area contributed by atoms with Crippen LogP contribution < -0.4 is 0 Å². The van der Waals surface area contributed by atoms with Crippen molar-refractivity contribution >= 4 is 31.3 Å². The first kappa shape index (κ1) is 10.7. The van der Waals surface area contributed by atoms with E-state index in [9.17, 15) is 4.79 Å². The number of nitrogens with zero attached hydrogens (tertiary/aromatic N) is 2. The molecule has 0 aliphatic rings. The van der Waals surface area contributed by atoms with Gasteiger partial charge in [-0.1, -0.05) is 0 Å². The third kappa shape index (κ3) is 4.17. The first-order valence-corrected chi connectivity index (χ1v) is 4.44. The van der Waals surface area contributed by atoms with Gasteiger partial charge in [0.05, 0.1) is 13.1 Å². The Labute approximate surface area is 77.4 Å². The van der Waals surface area contributed by atoms with E-state index in [2.05, 4.69) is 30.1 Å². The summed E-state index contributed by atoms with van der Waals surface area (Å²) in [6, 6.07) is -0.409. The van der Waals surface area contributed by atoms with Crippen LogP contribution in [0.2, 0.25) is 0 Å². The summed E-state index contributed by atoms with van der Waals surface area (Å²) in [6.07, 6.45) is 0. The lowest BCUT2D eigenvalue weighted by atomic mass is 10.5. The highest BCUT2D eigenvalue weighted by molar-refractivity contribution is 7.80. The maximum Gasteiger partial charge on any atom is 0.599 e. The van der Waals surface area contributed by atoms with Gasteiger partial charge in [0.15, 0.2) is 0 Å². The van der Waals surface area contributed by atoms with Crippen LogP contribution in [0.25, 0.3) is 4.85 Å². The zero-order valence-electron chi connectivity index (χ0n) is 6.10. The molecule has 0 aliphatic heterocycles. The lowest BCUT2D eigenvalue weighted by Crippen LogP contribution is -2.31. The molecule has 0 aromatic carbocycles. The second-order valence-corrected chi connectivity index (χ2v) is 2.74. The van der Waals surface area contributed by atoms with E-state index in [1.54, 1.807) is 0 Å². The molecule has 0 heterocycles. The Morgan fingerprint density at radius 2 is 1.82 bits per heavy atom. The Kier molecular flexibility index (Phi) is 6.18. The zero-order valence-corrected chi connectivity index (χ0v) is 7.89. The fourth-order valence-electron chi connectivity index (χ4n) is 0.626. The van der Waals surface area contributed by atoms with Crippen molar-refractivity contribution in [1.29, 1.82) is 0 Å². The van der Waals surface area contributed by atoms with E-state index in [0.29, 0.717) is 24.6 Å². The molecule has 62 valence electrons. The third-order valence-corrected chi connectivity index (χ3v) is 1.52. The van der Waals surface area contributed by atoms with Gasteiger partial charge in [-0.05, 0) is 0 Å². The number of hydrogen-bond donors (Lipinski definition) is 2. The third-order valence-electron chi connectivity index (χ3n) is 1.12. The summed E-state index contributed by atoms with van der Waals surface area (Å²) in [4.78, 5) is 15.4. The van der Waals surface area contributed by atoms with Crippen LogP contribution in [0.4, 0.5) is 4.79 Å². The van der Waals surface area contributed by atoms with Crippen LogP contribution in [-0.2, 0) is 0 Å². The predicted octanol–water partition coefficient (Wildman–Crippen LogP) is 1.23. The Balaban J connectivity index is 3.89. The number of hydrogen-bond acceptors (Lipinski definition) is 3. The van der Waals surface area contributed by atoms with Crippen molar-refractivity contribution in [3.8, 4) is 6.57 Å². The minimum atomic E-state index is -0.409. The summed E-state index contributed by atoms with van der Waals surface area (Å²) in [5, 5.41) is 0. The van der Waals surface area contributed by atoms with E-state index in [4.69, 9.17) is 6.57 Å². The van der Waals surface area contributed by atoms with E-state index in [0.717, 1.165) is 0 Å². The van der Waals surface area contributed by atoms with E-state index in [-0.39, 0.29) is 0 Å². The first-order chi connectivity index (χ1) is 5.26. The average molecular weight is 191 g/mol. The number of thiol groups is 2. The van der Waals surface area contributed by atoms with Gasteiger partial charge in [0.1, 0.15) is 6.57 Å². The molecule has 5 heteroatoms. The topological polar surface area (TPSA) is 24.7 Å². The maximum atomic E-state index is 10.9. The maximum absolute atomic E-state index is 10.9. The van der Waals surface area contributed by atoms with Crippen LogP contribution >= 0.6 is 25.3 Å². The molecule has 0 saturated heterocycles. The number of rotatable bonds is 4. The number of carbonyl (C=O) groups is 1. The molecule has 0 spiro atoms. The summed E-state index contributed by atoms with van der Waals surface area (Å²) < 4.78 is 0. The Bertz CT molecular complexity index is 160. The number of amides is 2. The highest BCUT2D eigenvalue weighted by Gasteiger charge is 2.20. The van der Waals surface area contributed by atoms with Crippen molar-refractivity contribution in [2.45, 2.75) is 0 Å². The number of urea groups is 1. The van der Waals surface area contributed by atoms with Crippen molar-refractivity contribution in [2.75, 3.05) is 24.6 Å². The van der Waals surface area contributed by atoms with Gasteiger partial charge in [-0.25, -0.2) is 4.90 Å². The monoisotopic (exact) mass is 191 g/mol. The van der Waals surface area contributed by atoms with Gasteiger partial charge in [-0.15, -0.1) is 4.85 Å².